The molecule has 2 aromatic rings. The number of sulfonamides is 1. The Balaban J connectivity index is 1.76. The van der Waals surface area contributed by atoms with Crippen LogP contribution in [-0.2, 0) is 14.8 Å². The van der Waals surface area contributed by atoms with Gasteiger partial charge in [0.1, 0.15) is 4.90 Å². The number of nitrogens with zero attached hydrogens (tertiary/aromatic N) is 1. The number of carbonyl (C=O) groups excluding carboxylic acids is 2. The Morgan fingerprint density at radius 3 is 2.46 bits per heavy atom. The van der Waals surface area contributed by atoms with Crippen LogP contribution < -0.4 is 0 Å². The van der Waals surface area contributed by atoms with Crippen molar-refractivity contribution in [2.45, 2.75) is 30.6 Å². The second kappa shape index (κ2) is 8.89. The van der Waals surface area contributed by atoms with Gasteiger partial charge in [-0.05, 0) is 43.2 Å². The van der Waals surface area contributed by atoms with E-state index in [9.17, 15) is 18.0 Å². The number of carbonyl (C=O) groups is 2. The zero-order valence-corrected chi connectivity index (χ0v) is 16.8. The van der Waals surface area contributed by atoms with Crippen molar-refractivity contribution < 1.29 is 22.7 Å². The number of benzene rings is 1. The topological polar surface area (TPSA) is 96.5 Å². The lowest BCUT2D eigenvalue weighted by Gasteiger charge is -2.21. The van der Waals surface area contributed by atoms with Crippen molar-refractivity contribution in [2.75, 3.05) is 19.7 Å². The van der Waals surface area contributed by atoms with Gasteiger partial charge in [0.05, 0.1) is 16.3 Å². The Hall–Kier alpha value is -2.16. The summed E-state index contributed by atoms with van der Waals surface area (Å²) in [5.74, 6) is -1.17. The molecular formula is C19H21ClN2O5S. The van der Waals surface area contributed by atoms with Crippen molar-refractivity contribution in [2.24, 2.45) is 0 Å². The first-order chi connectivity index (χ1) is 13.4. The molecule has 0 radical (unpaired) electrons. The number of H-pyrrole nitrogens is 1. The van der Waals surface area contributed by atoms with Crippen molar-refractivity contribution in [3.05, 3.63) is 52.8 Å². The number of esters is 1. The highest BCUT2D eigenvalue weighted by Crippen LogP contribution is 2.28. The number of aromatic amines is 1. The van der Waals surface area contributed by atoms with Crippen LogP contribution in [0.1, 0.15) is 46.5 Å². The normalized spacial score (nSPS) is 15.8. The van der Waals surface area contributed by atoms with Crippen LogP contribution in [0.5, 0.6) is 0 Å². The van der Waals surface area contributed by atoms with E-state index in [1.165, 1.54) is 22.5 Å². The molecule has 0 unspecified atom stereocenters. The number of ketones is 1. The molecule has 2 heterocycles. The standard InChI is InChI=1S/C19H21ClN2O5S/c20-15-8-7-14(19(24)27-13-17(23)16-6-5-9-21-16)12-18(15)28(25,26)22-10-3-1-2-4-11-22/h5-9,12,21H,1-4,10-11,13H2. The second-order valence-electron chi connectivity index (χ2n) is 6.55. The number of ether oxygens (including phenoxy) is 1. The van der Waals surface area contributed by atoms with Crippen LogP contribution in [0.2, 0.25) is 5.02 Å². The molecule has 28 heavy (non-hydrogen) atoms. The van der Waals surface area contributed by atoms with E-state index in [0.29, 0.717) is 18.8 Å². The van der Waals surface area contributed by atoms with Gasteiger partial charge in [-0.1, -0.05) is 24.4 Å². The Morgan fingerprint density at radius 1 is 1.11 bits per heavy atom. The van der Waals surface area contributed by atoms with Gasteiger partial charge in [-0.2, -0.15) is 4.31 Å². The van der Waals surface area contributed by atoms with Crippen LogP contribution >= 0.6 is 11.6 Å². The molecule has 1 aromatic carbocycles. The average molecular weight is 425 g/mol. The molecular weight excluding hydrogens is 404 g/mol. The molecule has 3 rings (SSSR count). The number of aromatic nitrogens is 1. The minimum Gasteiger partial charge on any atom is -0.454 e. The van der Waals surface area contributed by atoms with Crippen LogP contribution in [0.4, 0.5) is 0 Å². The maximum atomic E-state index is 13.0. The Kier molecular flexibility index (Phi) is 6.53. The highest BCUT2D eigenvalue weighted by Gasteiger charge is 2.28. The smallest absolute Gasteiger partial charge is 0.338 e. The maximum Gasteiger partial charge on any atom is 0.338 e. The minimum absolute atomic E-state index is 0.0251. The van der Waals surface area contributed by atoms with E-state index in [2.05, 4.69) is 4.98 Å². The van der Waals surface area contributed by atoms with Crippen molar-refractivity contribution in [1.29, 1.82) is 0 Å². The van der Waals surface area contributed by atoms with Crippen LogP contribution in [0.15, 0.2) is 41.4 Å². The molecule has 1 aliphatic heterocycles. The van der Waals surface area contributed by atoms with E-state index < -0.39 is 22.6 Å². The zero-order valence-electron chi connectivity index (χ0n) is 15.2. The number of rotatable bonds is 6. The summed E-state index contributed by atoms with van der Waals surface area (Å²) in [7, 11) is -3.82. The molecule has 1 saturated heterocycles. The van der Waals surface area contributed by atoms with Crippen molar-refractivity contribution >= 4 is 33.4 Å². The van der Waals surface area contributed by atoms with E-state index in [1.807, 2.05) is 0 Å². The van der Waals surface area contributed by atoms with E-state index in [4.69, 9.17) is 16.3 Å². The number of hydrogen-bond acceptors (Lipinski definition) is 5. The summed E-state index contributed by atoms with van der Waals surface area (Å²) in [6.07, 6.45) is 5.15. The second-order valence-corrected chi connectivity index (χ2v) is 8.86. The maximum absolute atomic E-state index is 13.0. The summed E-state index contributed by atoms with van der Waals surface area (Å²) >= 11 is 6.12. The Labute approximate surface area is 168 Å². The van der Waals surface area contributed by atoms with Crippen LogP contribution in [-0.4, -0.2) is 49.2 Å². The molecule has 1 N–H and O–H groups in total. The van der Waals surface area contributed by atoms with Crippen molar-refractivity contribution in [3.63, 3.8) is 0 Å². The summed E-state index contributed by atoms with van der Waals surface area (Å²) in [4.78, 5) is 26.8. The number of Topliss-reactive ketones (excluding diaryl/α,β-unsaturated/α-hetero) is 1. The molecule has 1 aromatic heterocycles. The molecule has 0 saturated carbocycles. The largest absolute Gasteiger partial charge is 0.454 e. The van der Waals surface area contributed by atoms with Gasteiger partial charge in [0, 0.05) is 19.3 Å². The summed E-state index contributed by atoms with van der Waals surface area (Å²) in [6.45, 7) is 0.409. The van der Waals surface area contributed by atoms with E-state index >= 15 is 0 Å². The molecule has 0 bridgehead atoms. The highest BCUT2D eigenvalue weighted by atomic mass is 35.5. The van der Waals surface area contributed by atoms with E-state index in [-0.39, 0.29) is 21.3 Å². The number of nitrogens with one attached hydrogen (secondary N) is 1. The predicted molar refractivity (Wildman–Crippen MR) is 104 cm³/mol. The molecule has 0 atom stereocenters. The van der Waals surface area contributed by atoms with Gasteiger partial charge in [0.2, 0.25) is 15.8 Å². The quantitative estimate of drug-likeness (QED) is 0.567. The molecule has 9 heteroatoms. The molecule has 7 nitrogen and oxygen atoms in total. The Morgan fingerprint density at radius 2 is 1.82 bits per heavy atom. The molecule has 0 aliphatic carbocycles. The number of halogens is 1. The van der Waals surface area contributed by atoms with Gasteiger partial charge >= 0.3 is 5.97 Å². The minimum atomic E-state index is -3.82. The van der Waals surface area contributed by atoms with Crippen molar-refractivity contribution in [3.8, 4) is 0 Å². The lowest BCUT2D eigenvalue weighted by molar-refractivity contribution is 0.0473. The van der Waals surface area contributed by atoms with Gasteiger partial charge in [-0.15, -0.1) is 0 Å². The van der Waals surface area contributed by atoms with E-state index in [0.717, 1.165) is 25.7 Å². The molecule has 1 aliphatic rings. The summed E-state index contributed by atoms with van der Waals surface area (Å²) in [6, 6.07) is 7.18. The van der Waals surface area contributed by atoms with Gasteiger partial charge < -0.3 is 9.72 Å². The molecule has 150 valence electrons. The van der Waals surface area contributed by atoms with Gasteiger partial charge in [0.25, 0.3) is 0 Å². The third-order valence-electron chi connectivity index (χ3n) is 4.58. The van der Waals surface area contributed by atoms with Crippen LogP contribution in [0.25, 0.3) is 0 Å². The van der Waals surface area contributed by atoms with Crippen LogP contribution in [0, 0.1) is 0 Å². The first-order valence-electron chi connectivity index (χ1n) is 9.03. The first kappa shape index (κ1) is 20.6. The zero-order chi connectivity index (χ0) is 20.1. The monoisotopic (exact) mass is 424 g/mol. The lowest BCUT2D eigenvalue weighted by atomic mass is 10.2. The van der Waals surface area contributed by atoms with Gasteiger partial charge in [-0.25, -0.2) is 13.2 Å². The average Bonchev–Trinajstić information content (AvgIpc) is 3.07. The summed E-state index contributed by atoms with van der Waals surface area (Å²) in [5, 5.41) is 0.0447. The Bertz CT molecular complexity index is 949. The molecule has 0 amide bonds. The fourth-order valence-corrected chi connectivity index (χ4v) is 5.06. The predicted octanol–water partition coefficient (Wildman–Crippen LogP) is 3.27. The molecule has 1 fully saturated rings. The third-order valence-corrected chi connectivity index (χ3v) is 6.96. The number of hydrogen-bond donors (Lipinski definition) is 1. The van der Waals surface area contributed by atoms with Gasteiger partial charge in [-0.3, -0.25) is 4.79 Å². The summed E-state index contributed by atoms with van der Waals surface area (Å²) < 4.78 is 32.4. The first-order valence-corrected chi connectivity index (χ1v) is 10.8. The third kappa shape index (κ3) is 4.63. The highest BCUT2D eigenvalue weighted by molar-refractivity contribution is 7.89. The van der Waals surface area contributed by atoms with Crippen molar-refractivity contribution in [1.82, 2.24) is 9.29 Å². The van der Waals surface area contributed by atoms with Crippen LogP contribution in [0.3, 0.4) is 0 Å². The fraction of sp³-hybridized carbons (Fsp3) is 0.368. The van der Waals surface area contributed by atoms with Gasteiger partial charge in [0.15, 0.2) is 6.61 Å². The summed E-state index contributed by atoms with van der Waals surface area (Å²) in [5.41, 5.74) is 0.352. The fourth-order valence-electron chi connectivity index (χ4n) is 3.05. The van der Waals surface area contributed by atoms with E-state index in [1.54, 1.807) is 18.3 Å². The molecule has 0 spiro atoms. The SMILES string of the molecule is O=C(OCC(=O)c1ccc[nH]1)c1ccc(Cl)c(S(=O)(=O)N2CCCCCC2)c1. The lowest BCUT2D eigenvalue weighted by Crippen LogP contribution is -2.32.